The number of aromatic nitrogens is 2. The number of thiazole rings is 1. The Balaban J connectivity index is 0.00000261. The molecule has 0 saturated heterocycles. The quantitative estimate of drug-likeness (QED) is 0.250. The van der Waals surface area contributed by atoms with E-state index in [0.717, 1.165) is 10.7 Å². The van der Waals surface area contributed by atoms with Crippen molar-refractivity contribution in [2.24, 2.45) is 4.99 Å². The van der Waals surface area contributed by atoms with Crippen LogP contribution >= 0.6 is 58.5 Å². The summed E-state index contributed by atoms with van der Waals surface area (Å²) in [6.45, 7) is 3.42. The van der Waals surface area contributed by atoms with Crippen LogP contribution in [0, 0.1) is 0 Å². The third kappa shape index (κ3) is 6.21. The van der Waals surface area contributed by atoms with Gasteiger partial charge in [0, 0.05) is 40.9 Å². The van der Waals surface area contributed by atoms with Crippen LogP contribution in [0.3, 0.4) is 0 Å². The molecule has 2 aromatic heterocycles. The van der Waals surface area contributed by atoms with Crippen molar-refractivity contribution in [3.05, 3.63) is 57.3 Å². The van der Waals surface area contributed by atoms with Gasteiger partial charge in [-0.3, -0.25) is 4.40 Å². The standard InChI is InChI=1S/C17H19Cl2N5OS.HI/c1-2-20-16(21-8-14-10-24-3-4-26-17(24)23-14)22-9-15(25)11-5-12(18)7-13(19)6-11;/h3-7,10,15,25H,2,8-9H2,1H3,(H2,20,21,22);1H. The Morgan fingerprint density at radius 1 is 1.30 bits per heavy atom. The fourth-order valence-corrected chi connectivity index (χ4v) is 3.69. The summed E-state index contributed by atoms with van der Waals surface area (Å²) in [4.78, 5) is 9.97. The van der Waals surface area contributed by atoms with Crippen LogP contribution in [0.1, 0.15) is 24.3 Å². The monoisotopic (exact) mass is 539 g/mol. The van der Waals surface area contributed by atoms with E-state index in [2.05, 4.69) is 20.6 Å². The molecular weight excluding hydrogens is 520 g/mol. The van der Waals surface area contributed by atoms with Crippen LogP contribution < -0.4 is 10.6 Å². The number of guanidine groups is 1. The first-order valence-corrected chi connectivity index (χ1v) is 9.76. The molecule has 1 unspecified atom stereocenters. The Labute approximate surface area is 188 Å². The van der Waals surface area contributed by atoms with Crippen LogP contribution in [0.25, 0.3) is 4.96 Å². The number of hydrogen-bond donors (Lipinski definition) is 3. The third-order valence-electron chi connectivity index (χ3n) is 3.62. The highest BCUT2D eigenvalue weighted by molar-refractivity contribution is 14.0. The smallest absolute Gasteiger partial charge is 0.193 e. The third-order valence-corrected chi connectivity index (χ3v) is 4.83. The number of fused-ring (bicyclic) bond motifs is 1. The van der Waals surface area contributed by atoms with Crippen molar-refractivity contribution in [3.63, 3.8) is 0 Å². The fraction of sp³-hybridized carbons (Fsp3) is 0.294. The summed E-state index contributed by atoms with van der Waals surface area (Å²) < 4.78 is 1.97. The first kappa shape index (κ1) is 22.2. The normalized spacial score (nSPS) is 12.7. The van der Waals surface area contributed by atoms with Crippen molar-refractivity contribution in [2.75, 3.05) is 13.1 Å². The highest BCUT2D eigenvalue weighted by Gasteiger charge is 2.11. The summed E-state index contributed by atoms with van der Waals surface area (Å²) in [5.74, 6) is 0.607. The molecule has 2 heterocycles. The molecule has 3 aromatic rings. The average molecular weight is 540 g/mol. The van der Waals surface area contributed by atoms with Gasteiger partial charge in [0.25, 0.3) is 0 Å². The highest BCUT2D eigenvalue weighted by Crippen LogP contribution is 2.23. The summed E-state index contributed by atoms with van der Waals surface area (Å²) in [6.07, 6.45) is 3.17. The minimum Gasteiger partial charge on any atom is -0.387 e. The van der Waals surface area contributed by atoms with Crippen LogP contribution in [0.15, 0.2) is 41.0 Å². The van der Waals surface area contributed by atoms with Gasteiger partial charge in [0.2, 0.25) is 0 Å². The molecule has 6 nitrogen and oxygen atoms in total. The maximum absolute atomic E-state index is 10.4. The molecule has 1 atom stereocenters. The van der Waals surface area contributed by atoms with E-state index >= 15 is 0 Å². The van der Waals surface area contributed by atoms with Crippen LogP contribution in [0.5, 0.6) is 0 Å². The summed E-state index contributed by atoms with van der Waals surface area (Å²) in [6, 6.07) is 5.03. The van der Waals surface area contributed by atoms with Crippen molar-refractivity contribution in [1.82, 2.24) is 20.0 Å². The number of aliphatic hydroxyl groups is 1. The molecular formula is C17H20Cl2IN5OS. The predicted octanol–water partition coefficient (Wildman–Crippen LogP) is 4.11. The van der Waals surface area contributed by atoms with Gasteiger partial charge in [-0.15, -0.1) is 35.3 Å². The first-order chi connectivity index (χ1) is 12.5. The molecule has 27 heavy (non-hydrogen) atoms. The van der Waals surface area contributed by atoms with E-state index in [9.17, 15) is 5.11 Å². The zero-order chi connectivity index (χ0) is 18.5. The van der Waals surface area contributed by atoms with Crippen molar-refractivity contribution in [1.29, 1.82) is 0 Å². The van der Waals surface area contributed by atoms with E-state index in [-0.39, 0.29) is 30.5 Å². The Bertz CT molecular complexity index is 865. The van der Waals surface area contributed by atoms with Crippen LogP contribution in [-0.4, -0.2) is 33.5 Å². The van der Waals surface area contributed by atoms with E-state index in [1.165, 1.54) is 0 Å². The largest absolute Gasteiger partial charge is 0.387 e. The molecule has 0 radical (unpaired) electrons. The van der Waals surface area contributed by atoms with E-state index in [4.69, 9.17) is 23.2 Å². The van der Waals surface area contributed by atoms with Crippen LogP contribution in [-0.2, 0) is 6.54 Å². The van der Waals surface area contributed by atoms with Gasteiger partial charge in [-0.25, -0.2) is 9.98 Å². The summed E-state index contributed by atoms with van der Waals surface area (Å²) in [5.41, 5.74) is 1.54. The molecule has 1 aromatic carbocycles. The van der Waals surface area contributed by atoms with Gasteiger partial charge in [-0.1, -0.05) is 23.2 Å². The van der Waals surface area contributed by atoms with E-state index < -0.39 is 6.10 Å². The Kier molecular flexibility index (Phi) is 8.62. The van der Waals surface area contributed by atoms with Gasteiger partial charge in [0.15, 0.2) is 10.9 Å². The van der Waals surface area contributed by atoms with E-state index in [0.29, 0.717) is 34.7 Å². The second-order valence-corrected chi connectivity index (χ2v) is 7.37. The van der Waals surface area contributed by atoms with Gasteiger partial charge in [-0.05, 0) is 30.7 Å². The lowest BCUT2D eigenvalue weighted by atomic mass is 10.1. The Morgan fingerprint density at radius 2 is 2.04 bits per heavy atom. The van der Waals surface area contributed by atoms with Gasteiger partial charge >= 0.3 is 0 Å². The lowest BCUT2D eigenvalue weighted by molar-refractivity contribution is 0.181. The fourth-order valence-electron chi connectivity index (χ4n) is 2.43. The lowest BCUT2D eigenvalue weighted by Gasteiger charge is -2.16. The van der Waals surface area contributed by atoms with Crippen molar-refractivity contribution >= 4 is 69.4 Å². The van der Waals surface area contributed by atoms with Crippen molar-refractivity contribution < 1.29 is 5.11 Å². The minimum atomic E-state index is -0.756. The second-order valence-electron chi connectivity index (χ2n) is 5.62. The maximum Gasteiger partial charge on any atom is 0.193 e. The van der Waals surface area contributed by atoms with E-state index in [1.807, 2.05) is 29.1 Å². The SMILES string of the molecule is CCNC(=NCc1cn2ccsc2n1)NCC(O)c1cc(Cl)cc(Cl)c1.I. The molecule has 0 bridgehead atoms. The summed E-state index contributed by atoms with van der Waals surface area (Å²) in [7, 11) is 0. The van der Waals surface area contributed by atoms with E-state index in [1.54, 1.807) is 29.5 Å². The van der Waals surface area contributed by atoms with Gasteiger partial charge in [0.05, 0.1) is 18.3 Å². The van der Waals surface area contributed by atoms with Crippen LogP contribution in [0.4, 0.5) is 0 Å². The molecule has 146 valence electrons. The number of aliphatic hydroxyl groups excluding tert-OH is 1. The number of rotatable bonds is 6. The number of nitrogens with zero attached hydrogens (tertiary/aromatic N) is 3. The lowest BCUT2D eigenvalue weighted by Crippen LogP contribution is -2.39. The zero-order valence-electron chi connectivity index (χ0n) is 14.5. The summed E-state index contributed by atoms with van der Waals surface area (Å²) >= 11 is 13.6. The Hall–Kier alpha value is -1.07. The molecule has 0 saturated carbocycles. The van der Waals surface area contributed by atoms with Gasteiger partial charge < -0.3 is 15.7 Å². The van der Waals surface area contributed by atoms with Gasteiger partial charge in [-0.2, -0.15) is 0 Å². The average Bonchev–Trinajstić information content (AvgIpc) is 3.17. The predicted molar refractivity (Wildman–Crippen MR) is 123 cm³/mol. The maximum atomic E-state index is 10.4. The first-order valence-electron chi connectivity index (χ1n) is 8.12. The number of halogens is 3. The van der Waals surface area contributed by atoms with Crippen molar-refractivity contribution in [2.45, 2.75) is 19.6 Å². The number of benzene rings is 1. The van der Waals surface area contributed by atoms with Crippen molar-refractivity contribution in [3.8, 4) is 0 Å². The molecule has 3 N–H and O–H groups in total. The molecule has 10 heteroatoms. The minimum absolute atomic E-state index is 0. The number of nitrogens with one attached hydrogen (secondary N) is 2. The molecule has 0 fully saturated rings. The molecule has 0 amide bonds. The number of hydrogen-bond acceptors (Lipinski definition) is 4. The summed E-state index contributed by atoms with van der Waals surface area (Å²) in [5, 5.41) is 19.6. The zero-order valence-corrected chi connectivity index (χ0v) is 19.2. The van der Waals surface area contributed by atoms with Gasteiger partial charge in [0.1, 0.15) is 0 Å². The number of aliphatic imine (C=N–C) groups is 1. The van der Waals surface area contributed by atoms with Crippen LogP contribution in [0.2, 0.25) is 10.0 Å². The topological polar surface area (TPSA) is 74.0 Å². The molecule has 0 aliphatic carbocycles. The number of imidazole rings is 1. The Morgan fingerprint density at radius 3 is 2.70 bits per heavy atom. The second kappa shape index (κ2) is 10.5. The molecule has 3 rings (SSSR count). The molecule has 0 spiro atoms. The highest BCUT2D eigenvalue weighted by atomic mass is 127. The molecule has 0 aliphatic rings. The molecule has 0 aliphatic heterocycles.